The molecule has 6 nitrogen and oxygen atoms in total. The van der Waals surface area contributed by atoms with Crippen molar-refractivity contribution in [2.24, 2.45) is 10.7 Å². The Bertz CT molecular complexity index is 609. The number of carbonyl (C=O) groups is 1. The number of piperidine rings is 1. The molecule has 0 radical (unpaired) electrons. The van der Waals surface area contributed by atoms with E-state index in [4.69, 9.17) is 5.73 Å². The molecule has 2 rings (SSSR count). The summed E-state index contributed by atoms with van der Waals surface area (Å²) < 4.78 is 0. The SMILES string of the molecule is N#Cc1cnc(N=CC(C=O)=CN)cc1N1CCCCC1. The fourth-order valence-corrected chi connectivity index (χ4v) is 2.24. The van der Waals surface area contributed by atoms with Crippen LogP contribution in [-0.4, -0.2) is 30.6 Å². The zero-order valence-corrected chi connectivity index (χ0v) is 11.7. The second kappa shape index (κ2) is 7.20. The molecular formula is C15H17N5O. The van der Waals surface area contributed by atoms with Gasteiger partial charge in [-0.15, -0.1) is 0 Å². The molecule has 6 heteroatoms. The van der Waals surface area contributed by atoms with Crippen molar-refractivity contribution in [3.63, 3.8) is 0 Å². The summed E-state index contributed by atoms with van der Waals surface area (Å²) in [5.41, 5.74) is 6.96. The van der Waals surface area contributed by atoms with Gasteiger partial charge in [0.05, 0.1) is 11.3 Å². The highest BCUT2D eigenvalue weighted by molar-refractivity contribution is 6.02. The summed E-state index contributed by atoms with van der Waals surface area (Å²) in [6.45, 7) is 1.87. The fraction of sp³-hybridized carbons (Fsp3) is 0.333. The molecule has 1 aliphatic heterocycles. The van der Waals surface area contributed by atoms with Crippen LogP contribution in [0.5, 0.6) is 0 Å². The van der Waals surface area contributed by atoms with Crippen molar-refractivity contribution >= 4 is 24.0 Å². The Morgan fingerprint density at radius 1 is 1.43 bits per heavy atom. The summed E-state index contributed by atoms with van der Waals surface area (Å²) in [4.78, 5) is 21.1. The van der Waals surface area contributed by atoms with Crippen LogP contribution in [0.3, 0.4) is 0 Å². The summed E-state index contributed by atoms with van der Waals surface area (Å²) >= 11 is 0. The van der Waals surface area contributed by atoms with Gasteiger partial charge in [-0.2, -0.15) is 5.26 Å². The summed E-state index contributed by atoms with van der Waals surface area (Å²) in [6.07, 6.45) is 8.15. The molecule has 2 N–H and O–H groups in total. The molecule has 1 saturated heterocycles. The number of rotatable bonds is 4. The van der Waals surface area contributed by atoms with Gasteiger partial charge in [0, 0.05) is 43.3 Å². The highest BCUT2D eigenvalue weighted by atomic mass is 16.1. The van der Waals surface area contributed by atoms with Crippen molar-refractivity contribution in [3.8, 4) is 6.07 Å². The molecule has 1 aliphatic rings. The molecule has 0 saturated carbocycles. The average molecular weight is 283 g/mol. The fourth-order valence-electron chi connectivity index (χ4n) is 2.24. The lowest BCUT2D eigenvalue weighted by Crippen LogP contribution is -2.30. The van der Waals surface area contributed by atoms with Crippen molar-refractivity contribution in [1.29, 1.82) is 5.26 Å². The molecular weight excluding hydrogens is 266 g/mol. The Labute approximate surface area is 123 Å². The summed E-state index contributed by atoms with van der Waals surface area (Å²) in [6, 6.07) is 3.94. The van der Waals surface area contributed by atoms with E-state index in [1.807, 2.05) is 0 Å². The molecule has 2 heterocycles. The molecule has 0 aliphatic carbocycles. The van der Waals surface area contributed by atoms with Crippen LogP contribution in [0, 0.1) is 11.3 Å². The Morgan fingerprint density at radius 3 is 2.81 bits per heavy atom. The first-order valence-corrected chi connectivity index (χ1v) is 6.84. The number of pyridine rings is 1. The van der Waals surface area contributed by atoms with Crippen molar-refractivity contribution in [1.82, 2.24) is 4.98 Å². The first-order valence-electron chi connectivity index (χ1n) is 6.84. The van der Waals surface area contributed by atoms with Crippen molar-refractivity contribution in [2.45, 2.75) is 19.3 Å². The number of aldehydes is 1. The van der Waals surface area contributed by atoms with Crippen LogP contribution in [0.1, 0.15) is 24.8 Å². The van der Waals surface area contributed by atoms with E-state index < -0.39 is 0 Å². The van der Waals surface area contributed by atoms with Crippen LogP contribution < -0.4 is 10.6 Å². The van der Waals surface area contributed by atoms with Gasteiger partial charge in [0.25, 0.3) is 0 Å². The minimum atomic E-state index is 0.278. The molecule has 0 amide bonds. The maximum absolute atomic E-state index is 10.7. The number of carbonyl (C=O) groups excluding carboxylic acids is 1. The topological polar surface area (TPSA) is 95.4 Å². The lowest BCUT2D eigenvalue weighted by molar-refractivity contribution is -0.104. The third-order valence-corrected chi connectivity index (χ3v) is 3.36. The standard InChI is InChI=1S/C15H17N5O/c16-7-12(11-21)9-18-15-6-14(13(8-17)10-19-15)20-4-2-1-3-5-20/h6-7,9-11H,1-5,16H2. The van der Waals surface area contributed by atoms with Crippen molar-refractivity contribution in [2.75, 3.05) is 18.0 Å². The minimum absolute atomic E-state index is 0.278. The molecule has 1 aromatic rings. The van der Waals surface area contributed by atoms with E-state index in [0.29, 0.717) is 17.7 Å². The third kappa shape index (κ3) is 3.66. The van der Waals surface area contributed by atoms with E-state index in [2.05, 4.69) is 20.9 Å². The van der Waals surface area contributed by atoms with Gasteiger partial charge in [-0.25, -0.2) is 9.98 Å². The van der Waals surface area contributed by atoms with E-state index in [-0.39, 0.29) is 5.57 Å². The normalized spacial score (nSPS) is 16.0. The summed E-state index contributed by atoms with van der Waals surface area (Å²) in [5.74, 6) is 0.454. The monoisotopic (exact) mass is 283 g/mol. The number of anilines is 1. The second-order valence-electron chi connectivity index (χ2n) is 4.76. The number of nitrogens with two attached hydrogens (primary N) is 1. The first-order chi connectivity index (χ1) is 10.3. The molecule has 0 bridgehead atoms. The number of aromatic nitrogens is 1. The predicted molar refractivity (Wildman–Crippen MR) is 81.5 cm³/mol. The molecule has 0 atom stereocenters. The van der Waals surface area contributed by atoms with E-state index in [1.54, 1.807) is 6.07 Å². The van der Waals surface area contributed by atoms with Gasteiger partial charge in [0.2, 0.25) is 0 Å². The van der Waals surface area contributed by atoms with Gasteiger partial charge >= 0.3 is 0 Å². The highest BCUT2D eigenvalue weighted by Crippen LogP contribution is 2.26. The molecule has 108 valence electrons. The lowest BCUT2D eigenvalue weighted by atomic mass is 10.1. The van der Waals surface area contributed by atoms with Gasteiger partial charge in [-0.1, -0.05) is 0 Å². The smallest absolute Gasteiger partial charge is 0.153 e. The molecule has 21 heavy (non-hydrogen) atoms. The lowest BCUT2D eigenvalue weighted by Gasteiger charge is -2.29. The van der Waals surface area contributed by atoms with Gasteiger partial charge in [-0.3, -0.25) is 4.79 Å². The number of aliphatic imine (C=N–C) groups is 1. The number of nitriles is 1. The average Bonchev–Trinajstić information content (AvgIpc) is 2.56. The Balaban J connectivity index is 2.29. The Morgan fingerprint density at radius 2 is 2.19 bits per heavy atom. The summed E-state index contributed by atoms with van der Waals surface area (Å²) in [7, 11) is 0. The minimum Gasteiger partial charge on any atom is -0.404 e. The van der Waals surface area contributed by atoms with Crippen LogP contribution >= 0.6 is 0 Å². The molecule has 1 fully saturated rings. The van der Waals surface area contributed by atoms with Gasteiger partial charge in [0.15, 0.2) is 12.1 Å². The van der Waals surface area contributed by atoms with E-state index >= 15 is 0 Å². The molecule has 1 aromatic heterocycles. The number of allylic oxidation sites excluding steroid dienone is 1. The van der Waals surface area contributed by atoms with Gasteiger partial charge in [0.1, 0.15) is 6.07 Å². The van der Waals surface area contributed by atoms with E-state index in [0.717, 1.165) is 31.6 Å². The molecule has 0 unspecified atom stereocenters. The first kappa shape index (κ1) is 14.7. The number of hydrogen-bond acceptors (Lipinski definition) is 6. The molecule has 0 aromatic carbocycles. The maximum atomic E-state index is 10.7. The van der Waals surface area contributed by atoms with Crippen LogP contribution in [-0.2, 0) is 4.79 Å². The van der Waals surface area contributed by atoms with Crippen LogP contribution in [0.15, 0.2) is 29.0 Å². The highest BCUT2D eigenvalue weighted by Gasteiger charge is 2.15. The quantitative estimate of drug-likeness (QED) is 0.515. The van der Waals surface area contributed by atoms with Gasteiger partial charge < -0.3 is 10.6 Å². The third-order valence-electron chi connectivity index (χ3n) is 3.36. The van der Waals surface area contributed by atoms with Crippen LogP contribution in [0.25, 0.3) is 0 Å². The largest absolute Gasteiger partial charge is 0.404 e. The Kier molecular flexibility index (Phi) is 5.04. The van der Waals surface area contributed by atoms with E-state index in [9.17, 15) is 10.1 Å². The van der Waals surface area contributed by atoms with Gasteiger partial charge in [-0.05, 0) is 19.3 Å². The van der Waals surface area contributed by atoms with Crippen LogP contribution in [0.2, 0.25) is 0 Å². The number of nitrogens with zero attached hydrogens (tertiary/aromatic N) is 4. The zero-order chi connectivity index (χ0) is 15.1. The van der Waals surface area contributed by atoms with Crippen molar-refractivity contribution < 1.29 is 4.79 Å². The second-order valence-corrected chi connectivity index (χ2v) is 4.76. The van der Waals surface area contributed by atoms with Crippen LogP contribution in [0.4, 0.5) is 11.5 Å². The van der Waals surface area contributed by atoms with Crippen molar-refractivity contribution in [3.05, 3.63) is 29.6 Å². The number of hydrogen-bond donors (Lipinski definition) is 1. The maximum Gasteiger partial charge on any atom is 0.153 e. The Hall–Kier alpha value is -2.68. The zero-order valence-electron chi connectivity index (χ0n) is 11.7. The summed E-state index contributed by atoms with van der Waals surface area (Å²) in [5, 5.41) is 9.21. The predicted octanol–water partition coefficient (Wildman–Crippen LogP) is 1.69. The molecule has 0 spiro atoms. The van der Waals surface area contributed by atoms with E-state index in [1.165, 1.54) is 25.0 Å².